The molecule has 5 aromatic rings. The highest BCUT2D eigenvalue weighted by Gasteiger charge is 2.38. The minimum absolute atomic E-state index is 0.00358. The van der Waals surface area contributed by atoms with Gasteiger partial charge in [0.05, 0.1) is 26.8 Å². The van der Waals surface area contributed by atoms with Crippen LogP contribution >= 0.6 is 23.4 Å². The number of hydrogen-bond donors (Lipinski definition) is 1. The zero-order chi connectivity index (χ0) is 30.3. The minimum Gasteiger partial charge on any atom is -0.486 e. The number of aliphatic carboxylic acids is 1. The van der Waals surface area contributed by atoms with Crippen LogP contribution in [0.5, 0.6) is 5.75 Å². The second-order valence-electron chi connectivity index (χ2n) is 11.5. The molecule has 0 radical (unpaired) electrons. The largest absolute Gasteiger partial charge is 0.486 e. The van der Waals surface area contributed by atoms with E-state index in [9.17, 15) is 14.7 Å². The summed E-state index contributed by atoms with van der Waals surface area (Å²) in [6.07, 6.45) is 2.05. The Bertz CT molecular complexity index is 1830. The smallest absolute Gasteiger partial charge is 0.309 e. The Kier molecular flexibility index (Phi) is 7.79. The zero-order valence-electron chi connectivity index (χ0n) is 24.1. The zero-order valence-corrected chi connectivity index (χ0v) is 25.7. The van der Waals surface area contributed by atoms with Crippen LogP contribution in [0.4, 0.5) is 0 Å². The number of benzene rings is 3. The van der Waals surface area contributed by atoms with E-state index in [1.807, 2.05) is 79.9 Å². The second kappa shape index (κ2) is 11.5. The number of hydrogen-bond acceptors (Lipinski definition) is 5. The molecule has 0 bridgehead atoms. The fourth-order valence-electron chi connectivity index (χ4n) is 5.47. The third kappa shape index (κ3) is 5.67. The summed E-state index contributed by atoms with van der Waals surface area (Å²) in [6.45, 7) is 6.04. The van der Waals surface area contributed by atoms with E-state index in [4.69, 9.17) is 16.3 Å². The molecule has 6 rings (SSSR count). The van der Waals surface area contributed by atoms with Crippen LogP contribution in [0.2, 0.25) is 5.02 Å². The van der Waals surface area contributed by atoms with Crippen LogP contribution in [0.3, 0.4) is 0 Å². The van der Waals surface area contributed by atoms with Gasteiger partial charge in [-0.15, -0.1) is 11.8 Å². The molecular formula is C35H31ClN2O4S. The Labute approximate surface area is 259 Å². The van der Waals surface area contributed by atoms with Crippen molar-refractivity contribution in [2.75, 3.05) is 0 Å². The maximum Gasteiger partial charge on any atom is 0.309 e. The molecule has 1 aliphatic rings. The summed E-state index contributed by atoms with van der Waals surface area (Å²) >= 11 is 7.63. The van der Waals surface area contributed by atoms with E-state index < -0.39 is 11.4 Å². The van der Waals surface area contributed by atoms with Gasteiger partial charge in [0.15, 0.2) is 5.78 Å². The Morgan fingerprint density at radius 3 is 2.44 bits per heavy atom. The van der Waals surface area contributed by atoms with Crippen LogP contribution in [0.1, 0.15) is 48.1 Å². The minimum atomic E-state index is -1.08. The van der Waals surface area contributed by atoms with E-state index in [0.717, 1.165) is 43.9 Å². The quantitative estimate of drug-likeness (QED) is 0.181. The highest BCUT2D eigenvalue weighted by molar-refractivity contribution is 8.01. The molecule has 3 heterocycles. The van der Waals surface area contributed by atoms with Crippen LogP contribution in [-0.4, -0.2) is 31.7 Å². The third-order valence-corrected chi connectivity index (χ3v) is 9.38. The average Bonchev–Trinajstić information content (AvgIpc) is 3.30. The number of ketones is 1. The monoisotopic (exact) mass is 610 g/mol. The van der Waals surface area contributed by atoms with Gasteiger partial charge in [0.2, 0.25) is 0 Å². The SMILES string of the molecule is CC1Sc2c(OCc3ccc(-c4ccccc4)cn3)ccc3c2c(c(CC(C)(C)C(=O)O)n3Cc2ccc(Cl)cc2)C1=O. The molecule has 0 amide bonds. The van der Waals surface area contributed by atoms with Crippen LogP contribution in [0, 0.1) is 5.41 Å². The number of Topliss-reactive ketones (excluding diaryl/α,β-unsaturated/α-hetero) is 1. The molecule has 2 aromatic heterocycles. The highest BCUT2D eigenvalue weighted by atomic mass is 35.5. The summed E-state index contributed by atoms with van der Waals surface area (Å²) < 4.78 is 8.44. The van der Waals surface area contributed by atoms with Crippen molar-refractivity contribution < 1.29 is 19.4 Å². The normalized spacial score (nSPS) is 14.7. The number of halogens is 1. The number of carbonyl (C=O) groups is 2. The van der Waals surface area contributed by atoms with E-state index in [0.29, 0.717) is 22.9 Å². The number of carboxylic acids is 1. The summed E-state index contributed by atoms with van der Waals surface area (Å²) in [6, 6.07) is 25.6. The van der Waals surface area contributed by atoms with Crippen molar-refractivity contribution in [1.82, 2.24) is 9.55 Å². The van der Waals surface area contributed by atoms with Gasteiger partial charge < -0.3 is 14.4 Å². The lowest BCUT2D eigenvalue weighted by molar-refractivity contribution is -0.146. The molecule has 218 valence electrons. The summed E-state index contributed by atoms with van der Waals surface area (Å²) in [5.74, 6) is -0.229. The van der Waals surface area contributed by atoms with Crippen molar-refractivity contribution in [2.45, 2.75) is 50.5 Å². The first kappa shape index (κ1) is 29.0. The topological polar surface area (TPSA) is 81.4 Å². The number of pyridine rings is 1. The van der Waals surface area contributed by atoms with Gasteiger partial charge in [0.25, 0.3) is 0 Å². The molecule has 0 spiro atoms. The van der Waals surface area contributed by atoms with Gasteiger partial charge in [0.1, 0.15) is 12.4 Å². The van der Waals surface area contributed by atoms with Crippen LogP contribution < -0.4 is 4.74 Å². The fourth-order valence-corrected chi connectivity index (χ4v) is 6.74. The molecular weight excluding hydrogens is 580 g/mol. The molecule has 43 heavy (non-hydrogen) atoms. The van der Waals surface area contributed by atoms with Crippen LogP contribution in [0.15, 0.2) is 90.0 Å². The fraction of sp³-hybridized carbons (Fsp3) is 0.229. The molecule has 1 atom stereocenters. The maximum atomic E-state index is 13.8. The van der Waals surface area contributed by atoms with Gasteiger partial charge in [-0.05, 0) is 62.2 Å². The lowest BCUT2D eigenvalue weighted by atomic mass is 9.85. The first-order valence-corrected chi connectivity index (χ1v) is 15.4. The number of rotatable bonds is 9. The standard InChI is InChI=1S/C35H31ClN2O4S/c1-21-32(39)30-28(17-35(2,3)34(40)41)38(19-22-9-12-25(36)13-10-22)27-15-16-29(33(43-21)31(27)30)42-20-26-14-11-24(18-37-26)23-7-5-4-6-8-23/h4-16,18,21H,17,19-20H2,1-3H3,(H,40,41). The van der Waals surface area contributed by atoms with E-state index in [2.05, 4.69) is 21.7 Å². The summed E-state index contributed by atoms with van der Waals surface area (Å²) in [5, 5.41) is 11.1. The number of carbonyl (C=O) groups excluding carboxylic acids is 1. The molecule has 1 aliphatic heterocycles. The van der Waals surface area contributed by atoms with E-state index in [1.165, 1.54) is 11.8 Å². The molecule has 0 fully saturated rings. The van der Waals surface area contributed by atoms with Gasteiger partial charge in [-0.1, -0.05) is 60.1 Å². The van der Waals surface area contributed by atoms with Crippen molar-refractivity contribution in [3.8, 4) is 16.9 Å². The van der Waals surface area contributed by atoms with Crippen LogP contribution in [0.25, 0.3) is 22.0 Å². The van der Waals surface area contributed by atoms with E-state index >= 15 is 0 Å². The Morgan fingerprint density at radius 1 is 1.02 bits per heavy atom. The van der Waals surface area contributed by atoms with Gasteiger partial charge in [-0.2, -0.15) is 0 Å². The summed E-state index contributed by atoms with van der Waals surface area (Å²) in [5.41, 5.74) is 5.05. The molecule has 1 N–H and O–H groups in total. The maximum absolute atomic E-state index is 13.8. The third-order valence-electron chi connectivity index (χ3n) is 7.91. The highest BCUT2D eigenvalue weighted by Crippen LogP contribution is 2.48. The predicted molar refractivity (Wildman–Crippen MR) is 171 cm³/mol. The van der Waals surface area contributed by atoms with Crippen molar-refractivity contribution >= 4 is 46.0 Å². The van der Waals surface area contributed by atoms with Gasteiger partial charge in [-0.25, -0.2) is 0 Å². The van der Waals surface area contributed by atoms with Gasteiger partial charge in [0, 0.05) is 46.4 Å². The van der Waals surface area contributed by atoms with Crippen molar-refractivity contribution in [3.63, 3.8) is 0 Å². The molecule has 8 heteroatoms. The Balaban J connectivity index is 1.41. The van der Waals surface area contributed by atoms with Crippen molar-refractivity contribution in [1.29, 1.82) is 0 Å². The first-order chi connectivity index (χ1) is 20.6. The summed E-state index contributed by atoms with van der Waals surface area (Å²) in [7, 11) is 0. The number of carboxylic acid groups (broad SMARTS) is 1. The molecule has 0 aliphatic carbocycles. The molecule has 1 unspecified atom stereocenters. The number of nitrogens with zero attached hydrogens (tertiary/aromatic N) is 2. The Hall–Kier alpha value is -4.07. The lowest BCUT2D eigenvalue weighted by Crippen LogP contribution is -2.29. The lowest BCUT2D eigenvalue weighted by Gasteiger charge is -2.23. The molecule has 6 nitrogen and oxygen atoms in total. The van der Waals surface area contributed by atoms with Crippen molar-refractivity contribution in [2.24, 2.45) is 5.41 Å². The molecule has 3 aromatic carbocycles. The van der Waals surface area contributed by atoms with E-state index in [1.54, 1.807) is 13.8 Å². The number of ether oxygens (including phenoxy) is 1. The first-order valence-electron chi connectivity index (χ1n) is 14.1. The predicted octanol–water partition coefficient (Wildman–Crippen LogP) is 8.31. The number of thioether (sulfide) groups is 1. The number of aromatic nitrogens is 2. The van der Waals surface area contributed by atoms with Gasteiger partial charge >= 0.3 is 5.97 Å². The summed E-state index contributed by atoms with van der Waals surface area (Å²) in [4.78, 5) is 31.5. The van der Waals surface area contributed by atoms with Crippen molar-refractivity contribution in [3.05, 3.63) is 113 Å². The Morgan fingerprint density at radius 2 is 1.77 bits per heavy atom. The molecule has 0 saturated heterocycles. The van der Waals surface area contributed by atoms with E-state index in [-0.39, 0.29) is 24.1 Å². The van der Waals surface area contributed by atoms with Crippen LogP contribution in [-0.2, 0) is 24.4 Å². The van der Waals surface area contributed by atoms with Gasteiger partial charge in [-0.3, -0.25) is 14.6 Å². The second-order valence-corrected chi connectivity index (χ2v) is 13.3. The molecule has 0 saturated carbocycles. The average molecular weight is 611 g/mol.